The lowest BCUT2D eigenvalue weighted by Gasteiger charge is -2.04. The molecule has 0 saturated heterocycles. The van der Waals surface area contributed by atoms with Crippen LogP contribution in [0, 0.1) is 13.8 Å². The first-order valence-corrected chi connectivity index (χ1v) is 7.04. The third-order valence-corrected chi connectivity index (χ3v) is 3.81. The molecule has 21 heavy (non-hydrogen) atoms. The third-order valence-electron chi connectivity index (χ3n) is 3.81. The van der Waals surface area contributed by atoms with E-state index in [0.717, 1.165) is 22.4 Å². The maximum Gasteiger partial charge on any atom is 0.251 e. The average Bonchev–Trinajstić information content (AvgIpc) is 3.08. The molecular formula is C17H18N2O2. The van der Waals surface area contributed by atoms with Gasteiger partial charge in [-0.25, -0.2) is 0 Å². The van der Waals surface area contributed by atoms with Gasteiger partial charge >= 0.3 is 0 Å². The van der Waals surface area contributed by atoms with E-state index in [-0.39, 0.29) is 5.91 Å². The van der Waals surface area contributed by atoms with Crippen molar-refractivity contribution in [3.05, 3.63) is 59.2 Å². The Hall–Kier alpha value is -2.49. The number of hydrogen-bond donors (Lipinski definition) is 2. The van der Waals surface area contributed by atoms with Gasteiger partial charge in [0.05, 0.1) is 6.26 Å². The van der Waals surface area contributed by atoms with Crippen molar-refractivity contribution in [3.63, 3.8) is 0 Å². The Balaban J connectivity index is 1.70. The molecule has 0 bridgehead atoms. The summed E-state index contributed by atoms with van der Waals surface area (Å²) in [5.41, 5.74) is 4.08. The number of furan rings is 1. The van der Waals surface area contributed by atoms with E-state index < -0.39 is 0 Å². The lowest BCUT2D eigenvalue weighted by molar-refractivity contribution is 0.0954. The molecule has 0 saturated carbocycles. The molecule has 4 nitrogen and oxygen atoms in total. The molecule has 2 heterocycles. The van der Waals surface area contributed by atoms with Crippen molar-refractivity contribution >= 4 is 16.8 Å². The summed E-state index contributed by atoms with van der Waals surface area (Å²) in [7, 11) is 0. The zero-order valence-corrected chi connectivity index (χ0v) is 12.2. The molecule has 0 unspecified atom stereocenters. The standard InChI is InChI=1S/C17H18N2O2/c1-11-12(2)19-16-6-5-13(10-15(11)16)17(20)18-8-7-14-4-3-9-21-14/h3-6,9-10,19H,7-8H2,1-2H3,(H,18,20). The topological polar surface area (TPSA) is 58.0 Å². The van der Waals surface area contributed by atoms with Gasteiger partial charge in [-0.05, 0) is 49.7 Å². The van der Waals surface area contributed by atoms with Crippen LogP contribution in [0.3, 0.4) is 0 Å². The van der Waals surface area contributed by atoms with Gasteiger partial charge in [-0.3, -0.25) is 4.79 Å². The van der Waals surface area contributed by atoms with Gasteiger partial charge in [-0.1, -0.05) is 0 Å². The number of carbonyl (C=O) groups excluding carboxylic acids is 1. The average molecular weight is 282 g/mol. The number of carbonyl (C=O) groups is 1. The van der Waals surface area contributed by atoms with E-state index in [9.17, 15) is 4.79 Å². The Labute approximate surface area is 123 Å². The van der Waals surface area contributed by atoms with Crippen molar-refractivity contribution in [2.45, 2.75) is 20.3 Å². The highest BCUT2D eigenvalue weighted by molar-refractivity contribution is 5.99. The SMILES string of the molecule is Cc1[nH]c2ccc(C(=O)NCCc3ccco3)cc2c1C. The maximum atomic E-state index is 12.2. The number of aromatic amines is 1. The Morgan fingerprint density at radius 3 is 2.90 bits per heavy atom. The summed E-state index contributed by atoms with van der Waals surface area (Å²) in [6.07, 6.45) is 2.34. The van der Waals surface area contributed by atoms with Crippen LogP contribution in [0.5, 0.6) is 0 Å². The zero-order valence-electron chi connectivity index (χ0n) is 12.2. The van der Waals surface area contributed by atoms with E-state index in [1.165, 1.54) is 5.56 Å². The molecule has 0 atom stereocenters. The molecule has 3 aromatic rings. The summed E-state index contributed by atoms with van der Waals surface area (Å²) in [5.74, 6) is 0.824. The van der Waals surface area contributed by atoms with Crippen molar-refractivity contribution in [2.24, 2.45) is 0 Å². The quantitative estimate of drug-likeness (QED) is 0.771. The monoisotopic (exact) mass is 282 g/mol. The first kappa shape index (κ1) is 13.5. The molecule has 0 aliphatic heterocycles. The second kappa shape index (κ2) is 5.48. The van der Waals surface area contributed by atoms with Crippen molar-refractivity contribution < 1.29 is 9.21 Å². The molecule has 0 radical (unpaired) electrons. The van der Waals surface area contributed by atoms with E-state index in [1.54, 1.807) is 6.26 Å². The smallest absolute Gasteiger partial charge is 0.251 e. The lowest BCUT2D eigenvalue weighted by Crippen LogP contribution is -2.25. The second-order valence-corrected chi connectivity index (χ2v) is 5.22. The fraction of sp³-hybridized carbons (Fsp3) is 0.235. The van der Waals surface area contributed by atoms with E-state index >= 15 is 0 Å². The summed E-state index contributed by atoms with van der Waals surface area (Å²) in [4.78, 5) is 15.5. The number of benzene rings is 1. The minimum absolute atomic E-state index is 0.0540. The lowest BCUT2D eigenvalue weighted by atomic mass is 10.1. The number of fused-ring (bicyclic) bond motifs is 1. The summed E-state index contributed by atoms with van der Waals surface area (Å²) in [6.45, 7) is 4.67. The van der Waals surface area contributed by atoms with Crippen molar-refractivity contribution in [2.75, 3.05) is 6.54 Å². The van der Waals surface area contributed by atoms with Crippen LogP contribution in [0.25, 0.3) is 10.9 Å². The van der Waals surface area contributed by atoms with Crippen LogP contribution in [0.2, 0.25) is 0 Å². The minimum Gasteiger partial charge on any atom is -0.469 e. The third kappa shape index (κ3) is 2.70. The van der Waals surface area contributed by atoms with Crippen molar-refractivity contribution in [3.8, 4) is 0 Å². The number of aromatic nitrogens is 1. The van der Waals surface area contributed by atoms with Crippen LogP contribution in [-0.4, -0.2) is 17.4 Å². The van der Waals surface area contributed by atoms with E-state index in [4.69, 9.17) is 4.42 Å². The molecule has 108 valence electrons. The van der Waals surface area contributed by atoms with E-state index in [1.807, 2.05) is 37.3 Å². The fourth-order valence-electron chi connectivity index (χ4n) is 2.46. The molecule has 0 spiro atoms. The van der Waals surface area contributed by atoms with Crippen LogP contribution in [0.1, 0.15) is 27.4 Å². The number of H-pyrrole nitrogens is 1. The molecular weight excluding hydrogens is 264 g/mol. The normalized spacial score (nSPS) is 11.0. The summed E-state index contributed by atoms with van der Waals surface area (Å²) in [5, 5.41) is 4.02. The molecule has 0 aliphatic carbocycles. The summed E-state index contributed by atoms with van der Waals surface area (Å²) in [6, 6.07) is 9.50. The molecule has 3 rings (SSSR count). The highest BCUT2D eigenvalue weighted by atomic mass is 16.3. The molecule has 2 N–H and O–H groups in total. The minimum atomic E-state index is -0.0540. The Morgan fingerprint density at radius 2 is 2.14 bits per heavy atom. The summed E-state index contributed by atoms with van der Waals surface area (Å²) < 4.78 is 5.24. The molecule has 1 aromatic carbocycles. The van der Waals surface area contributed by atoms with Gasteiger partial charge in [-0.2, -0.15) is 0 Å². The van der Waals surface area contributed by atoms with Crippen LogP contribution >= 0.6 is 0 Å². The molecule has 1 amide bonds. The molecule has 0 fully saturated rings. The van der Waals surface area contributed by atoms with Gasteiger partial charge in [0.1, 0.15) is 5.76 Å². The van der Waals surface area contributed by atoms with Gasteiger partial charge in [-0.15, -0.1) is 0 Å². The molecule has 0 aliphatic rings. The predicted octanol–water partition coefficient (Wildman–Crippen LogP) is 3.35. The number of rotatable bonds is 4. The van der Waals surface area contributed by atoms with Crippen molar-refractivity contribution in [1.29, 1.82) is 0 Å². The van der Waals surface area contributed by atoms with Gasteiger partial charge in [0.15, 0.2) is 0 Å². The first-order chi connectivity index (χ1) is 10.1. The van der Waals surface area contributed by atoms with Crippen LogP contribution in [0.4, 0.5) is 0 Å². The Kier molecular flexibility index (Phi) is 3.52. The number of amides is 1. The predicted molar refractivity (Wildman–Crippen MR) is 82.5 cm³/mol. The summed E-state index contributed by atoms with van der Waals surface area (Å²) >= 11 is 0. The molecule has 2 aromatic heterocycles. The largest absolute Gasteiger partial charge is 0.469 e. The number of nitrogens with one attached hydrogen (secondary N) is 2. The van der Waals surface area contributed by atoms with Gasteiger partial charge in [0.2, 0.25) is 0 Å². The van der Waals surface area contributed by atoms with Gasteiger partial charge < -0.3 is 14.7 Å². The van der Waals surface area contributed by atoms with Gasteiger partial charge in [0.25, 0.3) is 5.91 Å². The van der Waals surface area contributed by atoms with E-state index in [0.29, 0.717) is 18.5 Å². The second-order valence-electron chi connectivity index (χ2n) is 5.22. The number of hydrogen-bond acceptors (Lipinski definition) is 2. The Bertz CT molecular complexity index is 770. The highest BCUT2D eigenvalue weighted by Crippen LogP contribution is 2.22. The van der Waals surface area contributed by atoms with Gasteiger partial charge in [0, 0.05) is 35.1 Å². The van der Waals surface area contributed by atoms with Crippen LogP contribution < -0.4 is 5.32 Å². The first-order valence-electron chi connectivity index (χ1n) is 7.04. The van der Waals surface area contributed by atoms with Crippen LogP contribution in [-0.2, 0) is 6.42 Å². The molecule has 4 heteroatoms. The maximum absolute atomic E-state index is 12.2. The fourth-order valence-corrected chi connectivity index (χ4v) is 2.46. The highest BCUT2D eigenvalue weighted by Gasteiger charge is 2.09. The van der Waals surface area contributed by atoms with Crippen LogP contribution in [0.15, 0.2) is 41.0 Å². The Morgan fingerprint density at radius 1 is 1.29 bits per heavy atom. The number of aryl methyl sites for hydroxylation is 2. The van der Waals surface area contributed by atoms with Crippen molar-refractivity contribution in [1.82, 2.24) is 10.3 Å². The zero-order chi connectivity index (χ0) is 14.8. The van der Waals surface area contributed by atoms with E-state index in [2.05, 4.69) is 17.2 Å².